The molecule has 0 spiro atoms. The molecular formula is C6H17N3O6S. The van der Waals surface area contributed by atoms with Gasteiger partial charge in [-0.25, -0.2) is 0 Å². The molecule has 0 aromatic heterocycles. The van der Waals surface area contributed by atoms with E-state index >= 15 is 0 Å². The number of quaternary nitrogens is 3. The molecule has 1 atom stereocenters. The molecule has 0 bridgehead atoms. The molecule has 16 heavy (non-hydrogen) atoms. The van der Waals surface area contributed by atoms with Crippen molar-refractivity contribution in [1.29, 1.82) is 0 Å². The van der Waals surface area contributed by atoms with Crippen LogP contribution in [-0.4, -0.2) is 27.8 Å². The van der Waals surface area contributed by atoms with E-state index in [0.717, 1.165) is 0 Å². The molecule has 0 fully saturated rings. The van der Waals surface area contributed by atoms with Crippen molar-refractivity contribution in [3.8, 4) is 0 Å². The molecule has 0 radical (unpaired) electrons. The van der Waals surface area contributed by atoms with Gasteiger partial charge < -0.3 is 60.8 Å². The molecule has 0 aromatic carbocycles. The van der Waals surface area contributed by atoms with E-state index < -0.39 is 35.5 Å². The number of carbonyl (C=O) groups is 3. The molecule has 0 rings (SSSR count). The van der Waals surface area contributed by atoms with Gasteiger partial charge in [0.1, 0.15) is 5.60 Å². The van der Waals surface area contributed by atoms with Crippen molar-refractivity contribution < 1.29 is 29.7 Å². The lowest BCUT2D eigenvalue weighted by molar-refractivity contribution is -0.333. The first-order valence-corrected chi connectivity index (χ1v) is 3.52. The number of aliphatic hydroxyl groups is 1. The Morgan fingerprint density at radius 3 is 1.62 bits per heavy atom. The van der Waals surface area contributed by atoms with Crippen molar-refractivity contribution in [2.24, 2.45) is 0 Å². The maximum Gasteiger partial charge on any atom is 0.114 e. The van der Waals surface area contributed by atoms with E-state index in [4.69, 9.17) is 5.11 Å². The van der Waals surface area contributed by atoms with E-state index in [1.54, 1.807) is 0 Å². The second-order valence-corrected chi connectivity index (χ2v) is 2.87. The molecule has 0 aliphatic heterocycles. The van der Waals surface area contributed by atoms with Crippen LogP contribution in [0.15, 0.2) is 0 Å². The number of hydrogen-bond acceptors (Lipinski definition) is 7. The van der Waals surface area contributed by atoms with Crippen LogP contribution in [0.5, 0.6) is 0 Å². The smallest absolute Gasteiger partial charge is 0.114 e. The summed E-state index contributed by atoms with van der Waals surface area (Å²) in [6.07, 6.45) is -2.21. The van der Waals surface area contributed by atoms with E-state index in [-0.39, 0.29) is 18.5 Å². The van der Waals surface area contributed by atoms with Crippen LogP contribution in [0.1, 0.15) is 12.8 Å². The fraction of sp³-hybridized carbons (Fsp3) is 0.500. The van der Waals surface area contributed by atoms with Crippen molar-refractivity contribution in [3.05, 3.63) is 0 Å². The number of carbonyl (C=O) groups excluding carboxylic acids is 3. The maximum atomic E-state index is 10.3. The highest BCUT2D eigenvalue weighted by Gasteiger charge is 2.28. The zero-order chi connectivity index (χ0) is 10.6. The predicted octanol–water partition coefficient (Wildman–Crippen LogP) is -2.80. The average Bonchev–Trinajstić information content (AvgIpc) is 1.82. The van der Waals surface area contributed by atoms with Crippen molar-refractivity contribution in [3.63, 3.8) is 0 Å². The van der Waals surface area contributed by atoms with E-state index in [0.29, 0.717) is 0 Å². The Balaban J connectivity index is -0.000000240. The van der Waals surface area contributed by atoms with E-state index in [1.807, 2.05) is 0 Å². The van der Waals surface area contributed by atoms with Crippen molar-refractivity contribution in [1.82, 2.24) is 18.5 Å². The summed E-state index contributed by atoms with van der Waals surface area (Å²) in [4.78, 5) is 30.5. The molecule has 0 aromatic rings. The zero-order valence-corrected chi connectivity index (χ0v) is 10.1. The molecule has 0 heterocycles. The molecule has 98 valence electrons. The topological polar surface area (TPSA) is 227 Å². The number of rotatable bonds is 5. The quantitative estimate of drug-likeness (QED) is 0.378. The fourth-order valence-electron chi connectivity index (χ4n) is 0.684. The minimum Gasteiger partial charge on any atom is -0.742 e. The van der Waals surface area contributed by atoms with Gasteiger partial charge in [0.2, 0.25) is 0 Å². The summed E-state index contributed by atoms with van der Waals surface area (Å²) < 4.78 is 0. The summed E-state index contributed by atoms with van der Waals surface area (Å²) >= 11 is 4.00. The second kappa shape index (κ2) is 8.94. The minimum absolute atomic E-state index is 0. The SMILES string of the molecule is O=C([O-])CC(O)(CC(=O)[S-])C(=O)[O-].[NH4+].[NH4+].[NH4+]. The molecule has 0 saturated heterocycles. The Labute approximate surface area is 97.0 Å². The molecule has 13 N–H and O–H groups in total. The van der Waals surface area contributed by atoms with Crippen LogP contribution in [0.2, 0.25) is 0 Å². The standard InChI is InChI=1S/C6H8O6S.3H3N/c7-3(8)1-6(12,5(10)11)2-4(9)13;;;/h12H,1-2H2,(H,7,8)(H,9,13)(H,10,11);3*1H3. The van der Waals surface area contributed by atoms with Crippen LogP contribution in [0.25, 0.3) is 0 Å². The third-order valence-corrected chi connectivity index (χ3v) is 1.40. The lowest BCUT2D eigenvalue weighted by atomic mass is 9.96. The Kier molecular flexibility index (Phi) is 13.4. The first-order chi connectivity index (χ1) is 5.78. The summed E-state index contributed by atoms with van der Waals surface area (Å²) in [5, 5.41) is 28.2. The van der Waals surface area contributed by atoms with Crippen LogP contribution in [0.4, 0.5) is 0 Å². The van der Waals surface area contributed by atoms with Gasteiger partial charge in [-0.2, -0.15) is 0 Å². The van der Waals surface area contributed by atoms with Crippen LogP contribution in [-0.2, 0) is 27.0 Å². The first kappa shape index (κ1) is 24.1. The summed E-state index contributed by atoms with van der Waals surface area (Å²) in [5.74, 6) is -3.86. The van der Waals surface area contributed by atoms with Crippen LogP contribution in [0.3, 0.4) is 0 Å². The molecule has 0 aliphatic rings. The Bertz CT molecular complexity index is 243. The van der Waals surface area contributed by atoms with Gasteiger partial charge >= 0.3 is 0 Å². The highest BCUT2D eigenvalue weighted by Crippen LogP contribution is 2.14. The number of hydrogen-bond donors (Lipinski definition) is 4. The molecule has 0 amide bonds. The summed E-state index contributed by atoms with van der Waals surface area (Å²) in [5.41, 5.74) is -2.77. The van der Waals surface area contributed by atoms with Gasteiger partial charge in [0, 0.05) is 23.9 Å². The minimum atomic E-state index is -2.77. The van der Waals surface area contributed by atoms with Gasteiger partial charge in [0.05, 0.1) is 5.97 Å². The molecule has 1 unspecified atom stereocenters. The Hall–Kier alpha value is -1.33. The highest BCUT2D eigenvalue weighted by molar-refractivity contribution is 7.77. The third-order valence-electron chi connectivity index (χ3n) is 1.25. The van der Waals surface area contributed by atoms with Gasteiger partial charge in [-0.1, -0.05) is 0 Å². The summed E-state index contributed by atoms with van der Waals surface area (Å²) in [7, 11) is 0. The largest absolute Gasteiger partial charge is 0.742 e. The van der Waals surface area contributed by atoms with Crippen molar-refractivity contribution >= 4 is 29.7 Å². The summed E-state index contributed by atoms with van der Waals surface area (Å²) in [6, 6.07) is 0. The van der Waals surface area contributed by atoms with Gasteiger partial charge in [0.25, 0.3) is 0 Å². The number of carboxylic acid groups (broad SMARTS) is 2. The second-order valence-electron chi connectivity index (χ2n) is 2.42. The first-order valence-electron chi connectivity index (χ1n) is 3.11. The number of aliphatic carboxylic acids is 2. The summed E-state index contributed by atoms with van der Waals surface area (Å²) in [6.45, 7) is 0. The fourth-order valence-corrected chi connectivity index (χ4v) is 0.923. The highest BCUT2D eigenvalue weighted by atomic mass is 32.1. The maximum absolute atomic E-state index is 10.3. The van der Waals surface area contributed by atoms with Gasteiger partial charge in [-0.05, 0) is 0 Å². The molecule has 0 saturated carbocycles. The van der Waals surface area contributed by atoms with Crippen LogP contribution < -0.4 is 28.7 Å². The van der Waals surface area contributed by atoms with Gasteiger partial charge in [-0.3, -0.25) is 0 Å². The molecule has 0 aliphatic carbocycles. The van der Waals surface area contributed by atoms with Gasteiger partial charge in [-0.15, -0.1) is 0 Å². The Morgan fingerprint density at radius 2 is 1.44 bits per heavy atom. The van der Waals surface area contributed by atoms with E-state index in [1.165, 1.54) is 0 Å². The average molecular weight is 259 g/mol. The Morgan fingerprint density at radius 1 is 1.06 bits per heavy atom. The third kappa shape index (κ3) is 8.02. The molecule has 9 nitrogen and oxygen atoms in total. The monoisotopic (exact) mass is 259 g/mol. The molecular weight excluding hydrogens is 242 g/mol. The zero-order valence-electron chi connectivity index (χ0n) is 9.31. The van der Waals surface area contributed by atoms with Crippen LogP contribution in [0, 0.1) is 0 Å². The van der Waals surface area contributed by atoms with Gasteiger partial charge in [0.15, 0.2) is 0 Å². The predicted molar refractivity (Wildman–Crippen MR) is 54.5 cm³/mol. The molecule has 10 heteroatoms. The lowest BCUT2D eigenvalue weighted by Crippen LogP contribution is -2.52. The van der Waals surface area contributed by atoms with Crippen molar-refractivity contribution in [2.75, 3.05) is 0 Å². The van der Waals surface area contributed by atoms with Crippen molar-refractivity contribution in [2.45, 2.75) is 18.4 Å². The number of carboxylic acids is 2. The van der Waals surface area contributed by atoms with E-state index in [2.05, 4.69) is 12.6 Å². The lowest BCUT2D eigenvalue weighted by Gasteiger charge is -2.30. The normalized spacial score (nSPS) is 11.8. The van der Waals surface area contributed by atoms with Crippen LogP contribution >= 0.6 is 0 Å². The van der Waals surface area contributed by atoms with E-state index in [9.17, 15) is 24.6 Å².